The maximum Gasteiger partial charge on any atom is 0.258 e. The topological polar surface area (TPSA) is 59.2 Å². The lowest BCUT2D eigenvalue weighted by atomic mass is 10.1. The third-order valence-electron chi connectivity index (χ3n) is 1.90. The molecule has 1 aromatic carbocycles. The average Bonchev–Trinajstić information content (AvgIpc) is 2.64. The Bertz CT molecular complexity index is 462. The predicted octanol–water partition coefficient (Wildman–Crippen LogP) is 2.19. The molecular weight excluding hydrogens is 216 g/mol. The van der Waals surface area contributed by atoms with E-state index in [9.17, 15) is 0 Å². The summed E-state index contributed by atoms with van der Waals surface area (Å²) < 4.78 is 4.97. The van der Waals surface area contributed by atoms with E-state index >= 15 is 0 Å². The van der Waals surface area contributed by atoms with Crippen LogP contribution < -0.4 is 0 Å². The summed E-state index contributed by atoms with van der Waals surface area (Å²) in [5.74, 6) is 0.632. The molecule has 0 atom stereocenters. The Hall–Kier alpha value is -1.39. The van der Waals surface area contributed by atoms with E-state index in [1.54, 1.807) is 6.07 Å². The molecule has 15 heavy (non-hydrogen) atoms. The number of halogens is 1. The van der Waals surface area contributed by atoms with Crippen LogP contribution >= 0.6 is 11.6 Å². The van der Waals surface area contributed by atoms with E-state index in [0.717, 1.165) is 11.1 Å². The van der Waals surface area contributed by atoms with Crippen molar-refractivity contribution < 1.29 is 9.63 Å². The van der Waals surface area contributed by atoms with E-state index < -0.39 is 0 Å². The Morgan fingerprint density at radius 2 is 2.20 bits per heavy atom. The first-order valence-electron chi connectivity index (χ1n) is 4.40. The summed E-state index contributed by atoms with van der Waals surface area (Å²) in [4.78, 5) is 3.99. The lowest BCUT2D eigenvalue weighted by molar-refractivity contribution is 0.264. The molecule has 0 bridgehead atoms. The zero-order valence-electron chi connectivity index (χ0n) is 8.07. The fourth-order valence-corrected chi connectivity index (χ4v) is 1.58. The molecule has 0 aliphatic rings. The van der Waals surface area contributed by atoms with Crippen molar-refractivity contribution in [3.63, 3.8) is 0 Å². The summed E-state index contributed by atoms with van der Waals surface area (Å²) in [5.41, 5.74) is 1.77. The van der Waals surface area contributed by atoms with Crippen molar-refractivity contribution in [2.45, 2.75) is 13.5 Å². The molecule has 78 valence electrons. The highest BCUT2D eigenvalue weighted by molar-refractivity contribution is 6.30. The Kier molecular flexibility index (Phi) is 2.70. The van der Waals surface area contributed by atoms with Gasteiger partial charge in [-0.1, -0.05) is 16.8 Å². The minimum atomic E-state index is -0.233. The zero-order valence-corrected chi connectivity index (χ0v) is 8.82. The van der Waals surface area contributed by atoms with Gasteiger partial charge in [0.15, 0.2) is 5.82 Å². The number of aromatic nitrogens is 2. The summed E-state index contributed by atoms with van der Waals surface area (Å²) in [7, 11) is 0. The lowest BCUT2D eigenvalue weighted by Crippen LogP contribution is -1.85. The number of benzene rings is 1. The Labute approximate surface area is 91.5 Å². The number of nitrogens with zero attached hydrogens (tertiary/aromatic N) is 2. The van der Waals surface area contributed by atoms with Gasteiger partial charge in [-0.25, -0.2) is 0 Å². The summed E-state index contributed by atoms with van der Waals surface area (Å²) in [6.45, 7) is 1.70. The molecule has 0 aliphatic carbocycles. The van der Waals surface area contributed by atoms with Gasteiger partial charge in [0.25, 0.3) is 5.89 Å². The average molecular weight is 225 g/mol. The van der Waals surface area contributed by atoms with Gasteiger partial charge in [-0.2, -0.15) is 4.98 Å². The van der Waals surface area contributed by atoms with Crippen LogP contribution in [0.3, 0.4) is 0 Å². The van der Waals surface area contributed by atoms with E-state index in [1.807, 2.05) is 19.1 Å². The van der Waals surface area contributed by atoms with Crippen LogP contribution in [-0.2, 0) is 6.61 Å². The second-order valence-electron chi connectivity index (χ2n) is 3.19. The highest BCUT2D eigenvalue weighted by atomic mass is 35.5. The first-order chi connectivity index (χ1) is 7.19. The molecular formula is C10H9ClN2O2. The molecule has 1 N–H and O–H groups in total. The van der Waals surface area contributed by atoms with Crippen LogP contribution in [0.4, 0.5) is 0 Å². The van der Waals surface area contributed by atoms with E-state index in [1.165, 1.54) is 0 Å². The summed E-state index contributed by atoms with van der Waals surface area (Å²) in [6.07, 6.45) is 0. The van der Waals surface area contributed by atoms with Gasteiger partial charge < -0.3 is 9.63 Å². The molecule has 0 radical (unpaired) electrons. The van der Waals surface area contributed by atoms with Gasteiger partial charge in [0, 0.05) is 10.6 Å². The van der Waals surface area contributed by atoms with Crippen LogP contribution in [-0.4, -0.2) is 15.2 Å². The first-order valence-corrected chi connectivity index (χ1v) is 4.78. The maximum absolute atomic E-state index is 8.80. The van der Waals surface area contributed by atoms with E-state index in [2.05, 4.69) is 10.1 Å². The minimum Gasteiger partial charge on any atom is -0.388 e. The Balaban J connectivity index is 2.44. The number of hydrogen-bond acceptors (Lipinski definition) is 4. The van der Waals surface area contributed by atoms with Crippen LogP contribution in [0.25, 0.3) is 11.5 Å². The molecule has 2 aromatic rings. The number of aliphatic hydroxyl groups is 1. The van der Waals surface area contributed by atoms with E-state index in [4.69, 9.17) is 21.2 Å². The molecule has 0 unspecified atom stereocenters. The van der Waals surface area contributed by atoms with Crippen molar-refractivity contribution in [2.75, 3.05) is 0 Å². The van der Waals surface area contributed by atoms with Crippen molar-refractivity contribution in [3.8, 4) is 11.5 Å². The van der Waals surface area contributed by atoms with Crippen LogP contribution in [0.2, 0.25) is 5.02 Å². The second-order valence-corrected chi connectivity index (χ2v) is 3.63. The summed E-state index contributed by atoms with van der Waals surface area (Å²) in [6, 6.07) is 5.47. The second kappa shape index (κ2) is 4.00. The number of rotatable bonds is 2. The van der Waals surface area contributed by atoms with Crippen molar-refractivity contribution in [1.82, 2.24) is 10.1 Å². The van der Waals surface area contributed by atoms with Gasteiger partial charge in [0.1, 0.15) is 6.61 Å². The predicted molar refractivity (Wildman–Crippen MR) is 55.4 cm³/mol. The molecule has 4 nitrogen and oxygen atoms in total. The van der Waals surface area contributed by atoms with Gasteiger partial charge in [-0.05, 0) is 30.7 Å². The smallest absolute Gasteiger partial charge is 0.258 e. The molecule has 1 heterocycles. The molecule has 0 fully saturated rings. The van der Waals surface area contributed by atoms with Crippen molar-refractivity contribution in [2.24, 2.45) is 0 Å². The molecule has 0 aliphatic heterocycles. The normalized spacial score (nSPS) is 10.6. The first kappa shape index (κ1) is 10.1. The third kappa shape index (κ3) is 2.16. The minimum absolute atomic E-state index is 0.233. The van der Waals surface area contributed by atoms with E-state index in [-0.39, 0.29) is 12.4 Å². The third-order valence-corrected chi connectivity index (χ3v) is 2.12. The summed E-state index contributed by atoms with van der Waals surface area (Å²) in [5, 5.41) is 13.0. The van der Waals surface area contributed by atoms with E-state index in [0.29, 0.717) is 10.9 Å². The quantitative estimate of drug-likeness (QED) is 0.850. The number of hydrogen-bond donors (Lipinski definition) is 1. The van der Waals surface area contributed by atoms with Gasteiger partial charge in [-0.15, -0.1) is 0 Å². The molecule has 0 saturated carbocycles. The standard InChI is InChI=1S/C10H9ClN2O2/c1-6-2-7(4-8(11)3-6)10-12-9(5-14)13-15-10/h2-4,14H,5H2,1H3. The van der Waals surface area contributed by atoms with Gasteiger partial charge in [-0.3, -0.25) is 0 Å². The van der Waals surface area contributed by atoms with Crippen molar-refractivity contribution in [3.05, 3.63) is 34.6 Å². The number of aliphatic hydroxyl groups excluding tert-OH is 1. The van der Waals surface area contributed by atoms with Gasteiger partial charge in [0.2, 0.25) is 0 Å². The maximum atomic E-state index is 8.80. The molecule has 0 amide bonds. The highest BCUT2D eigenvalue weighted by Gasteiger charge is 2.08. The fraction of sp³-hybridized carbons (Fsp3) is 0.200. The van der Waals surface area contributed by atoms with Crippen molar-refractivity contribution >= 4 is 11.6 Å². The Morgan fingerprint density at radius 3 is 2.80 bits per heavy atom. The molecule has 1 aromatic heterocycles. The van der Waals surface area contributed by atoms with Crippen LogP contribution in [0.1, 0.15) is 11.4 Å². The monoisotopic (exact) mass is 224 g/mol. The molecule has 2 rings (SSSR count). The van der Waals surface area contributed by atoms with Crippen LogP contribution in [0.15, 0.2) is 22.7 Å². The zero-order chi connectivity index (χ0) is 10.8. The van der Waals surface area contributed by atoms with Crippen molar-refractivity contribution in [1.29, 1.82) is 0 Å². The molecule has 5 heteroatoms. The van der Waals surface area contributed by atoms with Gasteiger partial charge >= 0.3 is 0 Å². The number of aryl methyl sites for hydroxylation is 1. The fourth-order valence-electron chi connectivity index (χ4n) is 1.30. The largest absolute Gasteiger partial charge is 0.388 e. The van der Waals surface area contributed by atoms with Gasteiger partial charge in [0.05, 0.1) is 0 Å². The molecule has 0 saturated heterocycles. The highest BCUT2D eigenvalue weighted by Crippen LogP contribution is 2.23. The van der Waals surface area contributed by atoms with Crippen LogP contribution in [0, 0.1) is 6.92 Å². The van der Waals surface area contributed by atoms with Crippen LogP contribution in [0.5, 0.6) is 0 Å². The molecule has 0 spiro atoms. The lowest BCUT2D eigenvalue weighted by Gasteiger charge is -1.98. The Morgan fingerprint density at radius 1 is 1.40 bits per heavy atom. The SMILES string of the molecule is Cc1cc(Cl)cc(-c2nc(CO)no2)c1. The summed E-state index contributed by atoms with van der Waals surface area (Å²) >= 11 is 5.90.